The van der Waals surface area contributed by atoms with Gasteiger partial charge in [0.05, 0.1) is 5.41 Å². The van der Waals surface area contributed by atoms with Gasteiger partial charge in [-0.1, -0.05) is 23.7 Å². The van der Waals surface area contributed by atoms with Gasteiger partial charge in [-0.05, 0) is 50.4 Å². The number of carbonyl (C=O) groups is 1. The summed E-state index contributed by atoms with van der Waals surface area (Å²) in [7, 11) is 2.00. The number of hydrogen-bond acceptors (Lipinski definition) is 2. The van der Waals surface area contributed by atoms with Crippen LogP contribution in [0.5, 0.6) is 0 Å². The van der Waals surface area contributed by atoms with Crippen LogP contribution < -0.4 is 5.32 Å². The van der Waals surface area contributed by atoms with E-state index in [0.29, 0.717) is 11.9 Å². The maximum atomic E-state index is 12.8. The number of likely N-dealkylation sites (tertiary alicyclic amines) is 1. The molecular formula is C16H22Cl2N2O. The molecule has 1 heterocycles. The molecule has 1 aliphatic carbocycles. The van der Waals surface area contributed by atoms with E-state index >= 15 is 0 Å². The third-order valence-electron chi connectivity index (χ3n) is 4.75. The van der Waals surface area contributed by atoms with Gasteiger partial charge in [0.25, 0.3) is 0 Å². The van der Waals surface area contributed by atoms with Crippen LogP contribution in [-0.2, 0) is 10.2 Å². The van der Waals surface area contributed by atoms with Gasteiger partial charge in [-0.3, -0.25) is 4.79 Å². The van der Waals surface area contributed by atoms with Crippen LogP contribution in [0.4, 0.5) is 0 Å². The normalized spacial score (nSPS) is 20.8. The molecule has 1 amide bonds. The zero-order chi connectivity index (χ0) is 14.2. The summed E-state index contributed by atoms with van der Waals surface area (Å²) >= 11 is 5.94. The molecule has 2 aliphatic rings. The predicted octanol–water partition coefficient (Wildman–Crippen LogP) is 3.00. The average Bonchev–Trinajstić information content (AvgIpc) is 3.29. The SMILES string of the molecule is CNC1CCN(C(=O)C2(c3ccc(Cl)cc3)CC2)CC1.Cl. The lowest BCUT2D eigenvalue weighted by molar-refractivity contribution is -0.135. The van der Waals surface area contributed by atoms with Crippen molar-refractivity contribution in [2.45, 2.75) is 37.1 Å². The van der Waals surface area contributed by atoms with Gasteiger partial charge in [-0.2, -0.15) is 0 Å². The van der Waals surface area contributed by atoms with Gasteiger partial charge in [-0.15, -0.1) is 12.4 Å². The number of rotatable bonds is 3. The van der Waals surface area contributed by atoms with Crippen molar-refractivity contribution in [2.24, 2.45) is 0 Å². The van der Waals surface area contributed by atoms with Gasteiger partial charge < -0.3 is 10.2 Å². The number of halogens is 2. The number of piperidine rings is 1. The van der Waals surface area contributed by atoms with Crippen molar-refractivity contribution in [1.29, 1.82) is 0 Å². The molecule has 3 rings (SSSR count). The number of hydrogen-bond donors (Lipinski definition) is 1. The van der Waals surface area contributed by atoms with Crippen molar-refractivity contribution in [3.05, 3.63) is 34.9 Å². The zero-order valence-electron chi connectivity index (χ0n) is 12.3. The second-order valence-corrected chi connectivity index (χ2v) is 6.38. The Morgan fingerprint density at radius 1 is 1.24 bits per heavy atom. The van der Waals surface area contributed by atoms with E-state index in [1.165, 1.54) is 0 Å². The van der Waals surface area contributed by atoms with Crippen molar-refractivity contribution in [3.63, 3.8) is 0 Å². The van der Waals surface area contributed by atoms with Crippen molar-refractivity contribution in [1.82, 2.24) is 10.2 Å². The first-order chi connectivity index (χ1) is 9.65. The maximum absolute atomic E-state index is 12.8. The van der Waals surface area contributed by atoms with E-state index in [4.69, 9.17) is 11.6 Å². The van der Waals surface area contributed by atoms with Crippen LogP contribution >= 0.6 is 24.0 Å². The van der Waals surface area contributed by atoms with Crippen LogP contribution in [0.25, 0.3) is 0 Å². The highest BCUT2D eigenvalue weighted by atomic mass is 35.5. The molecule has 3 nitrogen and oxygen atoms in total. The molecule has 0 unspecified atom stereocenters. The van der Waals surface area contributed by atoms with Crippen molar-refractivity contribution < 1.29 is 4.79 Å². The smallest absolute Gasteiger partial charge is 0.233 e. The molecule has 0 atom stereocenters. The highest BCUT2D eigenvalue weighted by molar-refractivity contribution is 6.30. The molecule has 0 bridgehead atoms. The molecule has 1 saturated carbocycles. The fourth-order valence-corrected chi connectivity index (χ4v) is 3.32. The van der Waals surface area contributed by atoms with E-state index in [0.717, 1.165) is 49.4 Å². The van der Waals surface area contributed by atoms with Gasteiger partial charge in [0.1, 0.15) is 0 Å². The minimum absolute atomic E-state index is 0. The molecule has 1 aliphatic heterocycles. The molecule has 5 heteroatoms. The summed E-state index contributed by atoms with van der Waals surface area (Å²) in [4.78, 5) is 14.9. The van der Waals surface area contributed by atoms with E-state index in [2.05, 4.69) is 10.2 Å². The van der Waals surface area contributed by atoms with Gasteiger partial charge >= 0.3 is 0 Å². The molecule has 116 valence electrons. The molecule has 1 N–H and O–H groups in total. The quantitative estimate of drug-likeness (QED) is 0.925. The average molecular weight is 329 g/mol. The van der Waals surface area contributed by atoms with Crippen LogP contribution in [0.3, 0.4) is 0 Å². The van der Waals surface area contributed by atoms with Crippen LogP contribution in [0.1, 0.15) is 31.2 Å². The summed E-state index contributed by atoms with van der Waals surface area (Å²) < 4.78 is 0. The van der Waals surface area contributed by atoms with Crippen molar-refractivity contribution in [3.8, 4) is 0 Å². The Labute approximate surface area is 137 Å². The number of nitrogens with one attached hydrogen (secondary N) is 1. The highest BCUT2D eigenvalue weighted by Crippen LogP contribution is 2.50. The number of benzene rings is 1. The van der Waals surface area contributed by atoms with Gasteiger partial charge in [0.2, 0.25) is 5.91 Å². The van der Waals surface area contributed by atoms with Crippen LogP contribution in [0.2, 0.25) is 5.02 Å². The molecule has 0 spiro atoms. The minimum atomic E-state index is -0.253. The number of amides is 1. The predicted molar refractivity (Wildman–Crippen MR) is 88.3 cm³/mol. The number of nitrogens with zero attached hydrogens (tertiary/aromatic N) is 1. The van der Waals surface area contributed by atoms with E-state index in [1.54, 1.807) is 0 Å². The van der Waals surface area contributed by atoms with E-state index in [1.807, 2.05) is 31.3 Å². The van der Waals surface area contributed by atoms with E-state index in [-0.39, 0.29) is 17.8 Å². The summed E-state index contributed by atoms with van der Waals surface area (Å²) in [5.74, 6) is 0.314. The number of carbonyl (C=O) groups excluding carboxylic acids is 1. The Morgan fingerprint density at radius 2 is 1.81 bits per heavy atom. The Bertz CT molecular complexity index is 492. The third-order valence-corrected chi connectivity index (χ3v) is 5.00. The van der Waals surface area contributed by atoms with Gasteiger partial charge in [0, 0.05) is 24.2 Å². The van der Waals surface area contributed by atoms with Crippen LogP contribution in [0.15, 0.2) is 24.3 Å². The van der Waals surface area contributed by atoms with Crippen molar-refractivity contribution in [2.75, 3.05) is 20.1 Å². The first kappa shape index (κ1) is 16.6. The van der Waals surface area contributed by atoms with Gasteiger partial charge in [0.15, 0.2) is 0 Å². The Morgan fingerprint density at radius 3 is 2.29 bits per heavy atom. The summed E-state index contributed by atoms with van der Waals surface area (Å²) in [6, 6.07) is 8.35. The van der Waals surface area contributed by atoms with Crippen LogP contribution in [-0.4, -0.2) is 37.0 Å². The fourth-order valence-electron chi connectivity index (χ4n) is 3.19. The monoisotopic (exact) mass is 328 g/mol. The first-order valence-electron chi connectivity index (χ1n) is 7.38. The van der Waals surface area contributed by atoms with Crippen LogP contribution in [0, 0.1) is 0 Å². The second-order valence-electron chi connectivity index (χ2n) is 5.94. The van der Waals surface area contributed by atoms with Gasteiger partial charge in [-0.25, -0.2) is 0 Å². The molecule has 2 fully saturated rings. The summed E-state index contributed by atoms with van der Waals surface area (Å²) in [5.41, 5.74) is 0.875. The maximum Gasteiger partial charge on any atom is 0.233 e. The summed E-state index contributed by atoms with van der Waals surface area (Å²) in [6.45, 7) is 1.75. The molecule has 1 saturated heterocycles. The first-order valence-corrected chi connectivity index (χ1v) is 7.76. The van der Waals surface area contributed by atoms with E-state index in [9.17, 15) is 4.79 Å². The molecule has 1 aromatic rings. The standard InChI is InChI=1S/C16H21ClN2O.ClH/c1-18-14-6-10-19(11-7-14)15(20)16(8-9-16)12-2-4-13(17)5-3-12;/h2-5,14,18H,6-11H2,1H3;1H. The molecule has 0 aromatic heterocycles. The van der Waals surface area contributed by atoms with Crippen molar-refractivity contribution >= 4 is 29.9 Å². The topological polar surface area (TPSA) is 32.3 Å². The molecular weight excluding hydrogens is 307 g/mol. The fraction of sp³-hybridized carbons (Fsp3) is 0.562. The Kier molecular flexibility index (Phi) is 5.18. The lowest BCUT2D eigenvalue weighted by atomic mass is 9.93. The molecule has 21 heavy (non-hydrogen) atoms. The molecule has 0 radical (unpaired) electrons. The lowest BCUT2D eigenvalue weighted by Gasteiger charge is -2.34. The summed E-state index contributed by atoms with van der Waals surface area (Å²) in [6.07, 6.45) is 4.05. The summed E-state index contributed by atoms with van der Waals surface area (Å²) in [5, 5.41) is 4.03. The zero-order valence-corrected chi connectivity index (χ0v) is 13.8. The largest absolute Gasteiger partial charge is 0.342 e. The Hall–Kier alpha value is -0.770. The third kappa shape index (κ3) is 3.20. The minimum Gasteiger partial charge on any atom is -0.342 e. The lowest BCUT2D eigenvalue weighted by Crippen LogP contribution is -2.47. The Balaban J connectivity index is 0.00000161. The second kappa shape index (κ2) is 6.55. The molecule has 1 aromatic carbocycles. The highest BCUT2D eigenvalue weighted by Gasteiger charge is 2.53. The van der Waals surface area contributed by atoms with E-state index < -0.39 is 0 Å².